The van der Waals surface area contributed by atoms with E-state index in [-0.39, 0.29) is 12.5 Å². The highest BCUT2D eigenvalue weighted by Crippen LogP contribution is 2.08. The Kier molecular flexibility index (Phi) is 4.93. The Bertz CT molecular complexity index is 393. The number of amides is 1. The molecule has 3 N–H and O–H groups in total. The van der Waals surface area contributed by atoms with E-state index in [4.69, 9.17) is 16.7 Å². The number of benzene rings is 1. The summed E-state index contributed by atoms with van der Waals surface area (Å²) in [5.74, 6) is 0.0424. The lowest BCUT2D eigenvalue weighted by Crippen LogP contribution is -2.43. The fourth-order valence-electron chi connectivity index (χ4n) is 1.22. The zero-order valence-corrected chi connectivity index (χ0v) is 10.4. The first-order valence-electron chi connectivity index (χ1n) is 5.25. The number of halogens is 1. The molecule has 1 rings (SSSR count). The van der Waals surface area contributed by atoms with Crippen molar-refractivity contribution in [3.63, 3.8) is 0 Å². The molecule has 0 fully saturated rings. The number of hydrogen-bond donors (Lipinski definition) is 3. The third-order valence-electron chi connectivity index (χ3n) is 2.31. The molecule has 1 amide bonds. The van der Waals surface area contributed by atoms with E-state index in [0.29, 0.717) is 11.4 Å². The third kappa shape index (κ3) is 4.34. The van der Waals surface area contributed by atoms with Crippen molar-refractivity contribution in [1.82, 2.24) is 5.32 Å². The summed E-state index contributed by atoms with van der Waals surface area (Å²) >= 11 is 5.67. The summed E-state index contributed by atoms with van der Waals surface area (Å²) in [5, 5.41) is 20.9. The first-order chi connectivity index (χ1) is 7.98. The molecule has 1 unspecified atom stereocenters. The lowest BCUT2D eigenvalue weighted by atomic mass is 10.1. The molecule has 0 saturated heterocycles. The van der Waals surface area contributed by atoms with E-state index in [9.17, 15) is 9.90 Å². The standard InChI is InChI=1S/C12H16ClNO3/c1-12(17,8-15)7-14-11(16)10-4-2-3-9(5-10)6-13/h2-5,15,17H,6-8H2,1H3,(H,14,16). The topological polar surface area (TPSA) is 69.6 Å². The maximum absolute atomic E-state index is 11.7. The van der Waals surface area contributed by atoms with Crippen molar-refractivity contribution in [2.24, 2.45) is 0 Å². The summed E-state index contributed by atoms with van der Waals surface area (Å²) in [6, 6.07) is 6.93. The fourth-order valence-corrected chi connectivity index (χ4v) is 1.39. The number of carbonyl (C=O) groups excluding carboxylic acids is 1. The summed E-state index contributed by atoms with van der Waals surface area (Å²) in [6.45, 7) is 1.03. The van der Waals surface area contributed by atoms with Gasteiger partial charge in [-0.1, -0.05) is 12.1 Å². The number of hydrogen-bond acceptors (Lipinski definition) is 3. The van der Waals surface area contributed by atoms with Gasteiger partial charge in [0.05, 0.1) is 6.61 Å². The maximum Gasteiger partial charge on any atom is 0.251 e. The van der Waals surface area contributed by atoms with Crippen LogP contribution in [0, 0.1) is 0 Å². The number of aliphatic hydroxyl groups excluding tert-OH is 1. The van der Waals surface area contributed by atoms with E-state index in [1.54, 1.807) is 18.2 Å². The van der Waals surface area contributed by atoms with E-state index < -0.39 is 12.2 Å². The van der Waals surface area contributed by atoms with Crippen molar-refractivity contribution in [3.8, 4) is 0 Å². The Morgan fingerprint density at radius 3 is 2.82 bits per heavy atom. The molecule has 0 heterocycles. The summed E-state index contributed by atoms with van der Waals surface area (Å²) in [6.07, 6.45) is 0. The van der Waals surface area contributed by atoms with Gasteiger partial charge in [0.1, 0.15) is 5.60 Å². The van der Waals surface area contributed by atoms with Crippen LogP contribution in [-0.2, 0) is 5.88 Å². The summed E-state index contributed by atoms with van der Waals surface area (Å²) in [7, 11) is 0. The SMILES string of the molecule is CC(O)(CO)CNC(=O)c1cccc(CCl)c1. The van der Waals surface area contributed by atoms with Gasteiger partial charge in [0, 0.05) is 18.0 Å². The average molecular weight is 258 g/mol. The van der Waals surface area contributed by atoms with Crippen molar-refractivity contribution in [2.45, 2.75) is 18.4 Å². The molecule has 0 aliphatic rings. The number of rotatable bonds is 5. The molecule has 1 aromatic rings. The van der Waals surface area contributed by atoms with E-state index in [1.165, 1.54) is 6.92 Å². The van der Waals surface area contributed by atoms with Crippen LogP contribution in [0.5, 0.6) is 0 Å². The number of alkyl halides is 1. The van der Waals surface area contributed by atoms with Gasteiger partial charge in [-0.15, -0.1) is 11.6 Å². The highest BCUT2D eigenvalue weighted by molar-refractivity contribution is 6.17. The van der Waals surface area contributed by atoms with E-state index >= 15 is 0 Å². The molecular weight excluding hydrogens is 242 g/mol. The molecule has 17 heavy (non-hydrogen) atoms. The summed E-state index contributed by atoms with van der Waals surface area (Å²) < 4.78 is 0. The molecule has 0 aliphatic heterocycles. The maximum atomic E-state index is 11.7. The van der Waals surface area contributed by atoms with Crippen LogP contribution < -0.4 is 5.32 Å². The van der Waals surface area contributed by atoms with Gasteiger partial charge in [-0.2, -0.15) is 0 Å². The van der Waals surface area contributed by atoms with Crippen molar-refractivity contribution in [3.05, 3.63) is 35.4 Å². The highest BCUT2D eigenvalue weighted by atomic mass is 35.5. The Hall–Kier alpha value is -1.10. The monoisotopic (exact) mass is 257 g/mol. The van der Waals surface area contributed by atoms with Gasteiger partial charge in [-0.25, -0.2) is 0 Å². The molecular formula is C12H16ClNO3. The van der Waals surface area contributed by atoms with Crippen LogP contribution in [-0.4, -0.2) is 34.9 Å². The molecule has 5 heteroatoms. The second kappa shape index (κ2) is 6.00. The predicted molar refractivity (Wildman–Crippen MR) is 66.0 cm³/mol. The molecule has 94 valence electrons. The van der Waals surface area contributed by atoms with Crippen LogP contribution in [0.3, 0.4) is 0 Å². The lowest BCUT2D eigenvalue weighted by molar-refractivity contribution is 0.00320. The Labute approximate surface area is 105 Å². The molecule has 1 atom stereocenters. The minimum absolute atomic E-state index is 0.00651. The van der Waals surface area contributed by atoms with Crippen molar-refractivity contribution >= 4 is 17.5 Å². The zero-order valence-electron chi connectivity index (χ0n) is 9.61. The molecule has 0 saturated carbocycles. The Morgan fingerprint density at radius 2 is 2.24 bits per heavy atom. The quantitative estimate of drug-likeness (QED) is 0.687. The van der Waals surface area contributed by atoms with Gasteiger partial charge in [0.2, 0.25) is 0 Å². The molecule has 1 aromatic carbocycles. The Morgan fingerprint density at radius 1 is 1.53 bits per heavy atom. The highest BCUT2D eigenvalue weighted by Gasteiger charge is 2.20. The number of carbonyl (C=O) groups is 1. The fraction of sp³-hybridized carbons (Fsp3) is 0.417. The van der Waals surface area contributed by atoms with E-state index in [1.807, 2.05) is 6.07 Å². The van der Waals surface area contributed by atoms with Crippen LogP contribution in [0.4, 0.5) is 0 Å². The number of nitrogens with one attached hydrogen (secondary N) is 1. The second-order valence-corrected chi connectivity index (χ2v) is 4.44. The zero-order chi connectivity index (χ0) is 12.9. The summed E-state index contributed by atoms with van der Waals surface area (Å²) in [5.41, 5.74) is 0.0323. The largest absolute Gasteiger partial charge is 0.393 e. The normalized spacial score (nSPS) is 14.1. The van der Waals surface area contributed by atoms with Gasteiger partial charge < -0.3 is 15.5 Å². The molecule has 0 spiro atoms. The lowest BCUT2D eigenvalue weighted by Gasteiger charge is -2.20. The van der Waals surface area contributed by atoms with Gasteiger partial charge in [-0.3, -0.25) is 4.79 Å². The first kappa shape index (κ1) is 14.0. The van der Waals surface area contributed by atoms with E-state index in [0.717, 1.165) is 5.56 Å². The molecule has 4 nitrogen and oxygen atoms in total. The van der Waals surface area contributed by atoms with Crippen molar-refractivity contribution < 1.29 is 15.0 Å². The van der Waals surface area contributed by atoms with Gasteiger partial charge >= 0.3 is 0 Å². The minimum Gasteiger partial charge on any atom is -0.393 e. The van der Waals surface area contributed by atoms with Crippen LogP contribution in [0.1, 0.15) is 22.8 Å². The summed E-state index contributed by atoms with van der Waals surface area (Å²) in [4.78, 5) is 11.7. The Balaban J connectivity index is 2.64. The van der Waals surface area contributed by atoms with Crippen LogP contribution in [0.2, 0.25) is 0 Å². The first-order valence-corrected chi connectivity index (χ1v) is 5.78. The van der Waals surface area contributed by atoms with Crippen LogP contribution >= 0.6 is 11.6 Å². The molecule has 0 aliphatic carbocycles. The van der Waals surface area contributed by atoms with Crippen molar-refractivity contribution in [1.29, 1.82) is 0 Å². The van der Waals surface area contributed by atoms with Gasteiger partial charge in [-0.05, 0) is 24.6 Å². The van der Waals surface area contributed by atoms with E-state index in [2.05, 4.69) is 5.32 Å². The van der Waals surface area contributed by atoms with Gasteiger partial charge in [0.25, 0.3) is 5.91 Å². The molecule has 0 radical (unpaired) electrons. The predicted octanol–water partition coefficient (Wildman–Crippen LogP) is 0.898. The minimum atomic E-state index is -1.31. The van der Waals surface area contributed by atoms with Gasteiger partial charge in [0.15, 0.2) is 0 Å². The molecule has 0 aromatic heterocycles. The molecule has 0 bridgehead atoms. The average Bonchev–Trinajstić information content (AvgIpc) is 2.36. The third-order valence-corrected chi connectivity index (χ3v) is 2.62. The van der Waals surface area contributed by atoms with Crippen molar-refractivity contribution in [2.75, 3.05) is 13.2 Å². The number of aliphatic hydroxyl groups is 2. The van der Waals surface area contributed by atoms with Crippen LogP contribution in [0.25, 0.3) is 0 Å². The second-order valence-electron chi connectivity index (χ2n) is 4.17. The smallest absolute Gasteiger partial charge is 0.251 e. The van der Waals surface area contributed by atoms with Crippen LogP contribution in [0.15, 0.2) is 24.3 Å².